The van der Waals surface area contributed by atoms with Gasteiger partial charge in [0.25, 0.3) is 0 Å². The number of rotatable bonds is 8. The van der Waals surface area contributed by atoms with Crippen molar-refractivity contribution in [3.63, 3.8) is 0 Å². The SMILES string of the molecule is c1ccc(-c2ccc(-c3ccc(N(c4ccccc4-c4ccccc4-c4ccccc4-c4ccccc4)c4cccc5oc6ccccc6c45)cc3)cc2)cc1. The molecule has 0 aliphatic rings. The lowest BCUT2D eigenvalue weighted by atomic mass is 9.88. The smallest absolute Gasteiger partial charge is 0.137 e. The summed E-state index contributed by atoms with van der Waals surface area (Å²) < 4.78 is 6.45. The maximum Gasteiger partial charge on any atom is 0.137 e. The van der Waals surface area contributed by atoms with E-state index >= 15 is 0 Å². The fourth-order valence-electron chi connectivity index (χ4n) is 8.08. The van der Waals surface area contributed by atoms with Crippen LogP contribution in [0.5, 0.6) is 0 Å². The van der Waals surface area contributed by atoms with Crippen molar-refractivity contribution in [2.75, 3.05) is 4.90 Å². The second kappa shape index (κ2) is 14.4. The maximum absolute atomic E-state index is 6.45. The zero-order chi connectivity index (χ0) is 37.3. The van der Waals surface area contributed by atoms with Crippen molar-refractivity contribution in [2.45, 2.75) is 0 Å². The van der Waals surface area contributed by atoms with E-state index in [2.05, 4.69) is 223 Å². The fraction of sp³-hybridized carbons (Fsp3) is 0. The first-order valence-electron chi connectivity index (χ1n) is 19.1. The molecule has 0 N–H and O–H groups in total. The lowest BCUT2D eigenvalue weighted by Gasteiger charge is -2.29. The third-order valence-corrected chi connectivity index (χ3v) is 10.7. The monoisotopic (exact) mass is 715 g/mol. The first kappa shape index (κ1) is 33.2. The molecule has 0 fully saturated rings. The summed E-state index contributed by atoms with van der Waals surface area (Å²) in [6, 6.07) is 80.0. The predicted octanol–water partition coefficient (Wildman–Crippen LogP) is 15.4. The van der Waals surface area contributed by atoms with Gasteiger partial charge >= 0.3 is 0 Å². The normalized spacial score (nSPS) is 11.2. The van der Waals surface area contributed by atoms with Crippen LogP contribution >= 0.6 is 0 Å². The van der Waals surface area contributed by atoms with E-state index in [0.29, 0.717) is 0 Å². The Hall–Kier alpha value is -7.42. The summed E-state index contributed by atoms with van der Waals surface area (Å²) in [6.45, 7) is 0. The third kappa shape index (κ3) is 6.04. The minimum Gasteiger partial charge on any atom is -0.456 e. The lowest BCUT2D eigenvalue weighted by molar-refractivity contribution is 0.669. The van der Waals surface area contributed by atoms with Crippen molar-refractivity contribution in [3.05, 3.63) is 224 Å². The molecular weight excluding hydrogens is 679 g/mol. The van der Waals surface area contributed by atoms with E-state index in [0.717, 1.165) is 55.7 Å². The van der Waals surface area contributed by atoms with Crippen LogP contribution in [-0.4, -0.2) is 0 Å². The standard InChI is InChI=1S/C54H37NO/c1-3-16-38(17-4-1)39-30-32-40(33-31-39)41-34-36-43(37-35-41)55(51-27-15-29-53-54(51)49-25-12-14-28-52(49)56-53)50-26-13-11-24-48(50)47-23-10-9-22-46(47)45-21-8-7-20-44(45)42-18-5-2-6-19-42/h1-37H. The topological polar surface area (TPSA) is 16.4 Å². The largest absolute Gasteiger partial charge is 0.456 e. The summed E-state index contributed by atoms with van der Waals surface area (Å²) in [4.78, 5) is 2.40. The first-order valence-corrected chi connectivity index (χ1v) is 19.1. The van der Waals surface area contributed by atoms with Gasteiger partial charge in [0, 0.05) is 16.6 Å². The van der Waals surface area contributed by atoms with Crippen LogP contribution in [0.4, 0.5) is 17.1 Å². The highest BCUT2D eigenvalue weighted by Crippen LogP contribution is 2.48. The number of nitrogens with zero attached hydrogens (tertiary/aromatic N) is 1. The van der Waals surface area contributed by atoms with E-state index in [4.69, 9.17) is 4.42 Å². The van der Waals surface area contributed by atoms with Crippen LogP contribution in [-0.2, 0) is 0 Å². The highest BCUT2D eigenvalue weighted by Gasteiger charge is 2.23. The summed E-state index contributed by atoms with van der Waals surface area (Å²) in [5.74, 6) is 0. The quantitative estimate of drug-likeness (QED) is 0.156. The molecule has 0 aliphatic carbocycles. The highest BCUT2D eigenvalue weighted by atomic mass is 16.3. The molecule has 264 valence electrons. The van der Waals surface area contributed by atoms with Crippen LogP contribution < -0.4 is 4.90 Å². The average Bonchev–Trinajstić information content (AvgIpc) is 3.67. The molecule has 56 heavy (non-hydrogen) atoms. The van der Waals surface area contributed by atoms with Gasteiger partial charge in [-0.25, -0.2) is 0 Å². The number of furan rings is 1. The van der Waals surface area contributed by atoms with Crippen LogP contribution in [0, 0.1) is 0 Å². The fourth-order valence-corrected chi connectivity index (χ4v) is 8.08. The molecule has 10 rings (SSSR count). The van der Waals surface area contributed by atoms with Crippen molar-refractivity contribution >= 4 is 39.0 Å². The molecule has 2 nitrogen and oxygen atoms in total. The summed E-state index contributed by atoms with van der Waals surface area (Å²) in [5.41, 5.74) is 16.8. The van der Waals surface area contributed by atoms with Gasteiger partial charge in [0.1, 0.15) is 11.2 Å². The van der Waals surface area contributed by atoms with Gasteiger partial charge in [-0.1, -0.05) is 188 Å². The average molecular weight is 716 g/mol. The molecule has 0 radical (unpaired) electrons. The Morgan fingerprint density at radius 2 is 0.696 bits per heavy atom. The van der Waals surface area contributed by atoms with Crippen molar-refractivity contribution in [1.82, 2.24) is 0 Å². The molecule has 0 atom stereocenters. The molecular formula is C54H37NO. The predicted molar refractivity (Wildman–Crippen MR) is 236 cm³/mol. The Morgan fingerprint density at radius 1 is 0.268 bits per heavy atom. The van der Waals surface area contributed by atoms with Gasteiger partial charge in [-0.15, -0.1) is 0 Å². The van der Waals surface area contributed by atoms with Crippen LogP contribution in [0.3, 0.4) is 0 Å². The van der Waals surface area contributed by atoms with Gasteiger partial charge in [-0.3, -0.25) is 0 Å². The summed E-state index contributed by atoms with van der Waals surface area (Å²) in [7, 11) is 0. The maximum atomic E-state index is 6.45. The Balaban J connectivity index is 1.15. The van der Waals surface area contributed by atoms with E-state index < -0.39 is 0 Å². The molecule has 2 heteroatoms. The molecule has 0 aliphatic heterocycles. The summed E-state index contributed by atoms with van der Waals surface area (Å²) in [5, 5.41) is 2.18. The van der Waals surface area contributed by atoms with E-state index in [1.807, 2.05) is 6.07 Å². The number of benzene rings is 9. The molecule has 0 spiro atoms. The Bertz CT molecular complexity index is 2940. The molecule has 0 unspecified atom stereocenters. The Morgan fingerprint density at radius 3 is 1.36 bits per heavy atom. The third-order valence-electron chi connectivity index (χ3n) is 10.7. The zero-order valence-corrected chi connectivity index (χ0v) is 30.7. The lowest BCUT2D eigenvalue weighted by Crippen LogP contribution is -2.11. The second-order valence-corrected chi connectivity index (χ2v) is 14.0. The number of para-hydroxylation sites is 2. The Kier molecular flexibility index (Phi) is 8.55. The molecule has 0 amide bonds. The van der Waals surface area contributed by atoms with Gasteiger partial charge in [-0.05, 0) is 86.5 Å². The van der Waals surface area contributed by atoms with Crippen LogP contribution in [0.1, 0.15) is 0 Å². The molecule has 1 aromatic heterocycles. The van der Waals surface area contributed by atoms with Crippen molar-refractivity contribution < 1.29 is 4.42 Å². The minimum atomic E-state index is 0.860. The summed E-state index contributed by atoms with van der Waals surface area (Å²) in [6.07, 6.45) is 0. The second-order valence-electron chi connectivity index (χ2n) is 14.0. The van der Waals surface area contributed by atoms with Gasteiger partial charge < -0.3 is 9.32 Å². The Labute approximate surface area is 327 Å². The van der Waals surface area contributed by atoms with E-state index in [1.54, 1.807) is 0 Å². The minimum absolute atomic E-state index is 0.860. The first-order chi connectivity index (χ1) is 27.8. The number of fused-ring (bicyclic) bond motifs is 3. The van der Waals surface area contributed by atoms with Gasteiger partial charge in [-0.2, -0.15) is 0 Å². The van der Waals surface area contributed by atoms with E-state index in [9.17, 15) is 0 Å². The van der Waals surface area contributed by atoms with E-state index in [-0.39, 0.29) is 0 Å². The molecule has 0 saturated carbocycles. The summed E-state index contributed by atoms with van der Waals surface area (Å²) >= 11 is 0. The molecule has 9 aromatic carbocycles. The van der Waals surface area contributed by atoms with Gasteiger partial charge in [0.15, 0.2) is 0 Å². The van der Waals surface area contributed by atoms with Crippen LogP contribution in [0.2, 0.25) is 0 Å². The molecule has 0 bridgehead atoms. The van der Waals surface area contributed by atoms with Crippen molar-refractivity contribution in [3.8, 4) is 55.6 Å². The van der Waals surface area contributed by atoms with Crippen molar-refractivity contribution in [1.29, 1.82) is 0 Å². The van der Waals surface area contributed by atoms with Gasteiger partial charge in [0.2, 0.25) is 0 Å². The molecule has 0 saturated heterocycles. The van der Waals surface area contributed by atoms with Crippen LogP contribution in [0.15, 0.2) is 229 Å². The highest BCUT2D eigenvalue weighted by molar-refractivity contribution is 6.14. The number of anilines is 3. The van der Waals surface area contributed by atoms with Crippen LogP contribution in [0.25, 0.3) is 77.6 Å². The van der Waals surface area contributed by atoms with Crippen molar-refractivity contribution in [2.24, 2.45) is 0 Å². The van der Waals surface area contributed by atoms with E-state index in [1.165, 1.54) is 38.9 Å². The zero-order valence-electron chi connectivity index (χ0n) is 30.7. The molecule has 10 aromatic rings. The number of hydrogen-bond donors (Lipinski definition) is 0. The van der Waals surface area contributed by atoms with Gasteiger partial charge in [0.05, 0.1) is 16.8 Å². The number of hydrogen-bond acceptors (Lipinski definition) is 2. The molecule has 1 heterocycles.